The van der Waals surface area contributed by atoms with E-state index in [1.54, 1.807) is 6.07 Å². The first-order valence-electron chi connectivity index (χ1n) is 12.0. The van der Waals surface area contributed by atoms with Crippen molar-refractivity contribution < 1.29 is 28.3 Å². The number of hydrogen-bond acceptors (Lipinski definition) is 6. The fourth-order valence-electron chi connectivity index (χ4n) is 4.29. The van der Waals surface area contributed by atoms with Crippen molar-refractivity contribution in [2.24, 2.45) is 0 Å². The van der Waals surface area contributed by atoms with Crippen molar-refractivity contribution in [1.82, 2.24) is 10.1 Å². The second kappa shape index (κ2) is 10.2. The number of nitrogens with zero attached hydrogens (tertiary/aromatic N) is 2. The standard InChI is InChI=1S/C29H19Cl2FN2O5/c30-23-11-19(32)12-24(31)26(23)27-22(28(39-34-27)15-1-2-15)14-37-20-6-3-17-10-21(7-4-16(17)9-20)38-25-8-5-18(13-33-25)29(35)36/h3-13,15H,1-2,14H2,(H,35,36). The number of fused-ring (bicyclic) bond motifs is 1. The van der Waals surface area contributed by atoms with Crippen LogP contribution in [0.2, 0.25) is 10.0 Å². The molecule has 0 aliphatic heterocycles. The summed E-state index contributed by atoms with van der Waals surface area (Å²) in [6, 6.07) is 16.5. The van der Waals surface area contributed by atoms with Crippen LogP contribution in [0.5, 0.6) is 17.4 Å². The van der Waals surface area contributed by atoms with Gasteiger partial charge in [-0.15, -0.1) is 0 Å². The number of ether oxygens (including phenoxy) is 2. The molecule has 2 aromatic heterocycles. The van der Waals surface area contributed by atoms with Gasteiger partial charge in [0.1, 0.15) is 35.4 Å². The predicted octanol–water partition coefficient (Wildman–Crippen LogP) is 8.28. The lowest BCUT2D eigenvalue weighted by atomic mass is 10.0. The van der Waals surface area contributed by atoms with Crippen molar-refractivity contribution in [1.29, 1.82) is 0 Å². The Morgan fingerprint density at radius 1 is 1.00 bits per heavy atom. The van der Waals surface area contributed by atoms with Crippen LogP contribution in [-0.2, 0) is 6.61 Å². The van der Waals surface area contributed by atoms with E-state index in [0.29, 0.717) is 22.8 Å². The SMILES string of the molecule is O=C(O)c1ccc(Oc2ccc3cc(OCc4c(-c5c(Cl)cc(F)cc5Cl)noc4C4CC4)ccc3c2)nc1. The molecule has 2 heterocycles. The van der Waals surface area contributed by atoms with Crippen LogP contribution in [0.1, 0.15) is 40.4 Å². The third-order valence-electron chi connectivity index (χ3n) is 6.38. The summed E-state index contributed by atoms with van der Waals surface area (Å²) >= 11 is 12.7. The average molecular weight is 565 g/mol. The molecule has 0 radical (unpaired) electrons. The first-order chi connectivity index (χ1) is 18.9. The molecule has 0 atom stereocenters. The molecule has 3 aromatic carbocycles. The van der Waals surface area contributed by atoms with Crippen LogP contribution in [-0.4, -0.2) is 21.2 Å². The highest BCUT2D eigenvalue weighted by Crippen LogP contribution is 2.46. The van der Waals surface area contributed by atoms with Gasteiger partial charge in [-0.3, -0.25) is 0 Å². The summed E-state index contributed by atoms with van der Waals surface area (Å²) in [6.45, 7) is 0.166. The molecule has 7 nitrogen and oxygen atoms in total. The van der Waals surface area contributed by atoms with Crippen molar-refractivity contribution in [3.8, 4) is 28.6 Å². The lowest BCUT2D eigenvalue weighted by Gasteiger charge is -2.11. The Labute approximate surface area is 231 Å². The van der Waals surface area contributed by atoms with Gasteiger partial charge in [-0.1, -0.05) is 40.5 Å². The Morgan fingerprint density at radius 3 is 2.33 bits per heavy atom. The van der Waals surface area contributed by atoms with Gasteiger partial charge in [-0.2, -0.15) is 0 Å². The topological polar surface area (TPSA) is 94.7 Å². The minimum absolute atomic E-state index is 0.0832. The van der Waals surface area contributed by atoms with Gasteiger partial charge in [0, 0.05) is 23.7 Å². The van der Waals surface area contributed by atoms with Crippen LogP contribution >= 0.6 is 23.2 Å². The molecule has 0 amide bonds. The molecule has 1 aliphatic carbocycles. The van der Waals surface area contributed by atoms with Gasteiger partial charge in [-0.05, 0) is 66.1 Å². The van der Waals surface area contributed by atoms with Crippen LogP contribution < -0.4 is 9.47 Å². The lowest BCUT2D eigenvalue weighted by Crippen LogP contribution is -2.00. The number of pyridine rings is 1. The zero-order valence-electron chi connectivity index (χ0n) is 20.2. The van der Waals surface area contributed by atoms with Gasteiger partial charge in [0.2, 0.25) is 5.88 Å². The fraction of sp³-hybridized carbons (Fsp3) is 0.138. The maximum atomic E-state index is 13.8. The number of halogens is 3. The summed E-state index contributed by atoms with van der Waals surface area (Å²) in [5, 5.41) is 15.4. The van der Waals surface area contributed by atoms with Crippen molar-refractivity contribution in [2.45, 2.75) is 25.4 Å². The van der Waals surface area contributed by atoms with Crippen LogP contribution in [0, 0.1) is 5.82 Å². The van der Waals surface area contributed by atoms with Gasteiger partial charge >= 0.3 is 5.97 Å². The molecule has 0 spiro atoms. The molecular formula is C29H19Cl2FN2O5. The molecule has 1 aliphatic rings. The zero-order chi connectivity index (χ0) is 27.1. The second-order valence-corrected chi connectivity index (χ2v) is 9.96. The Kier molecular flexibility index (Phi) is 6.58. The van der Waals surface area contributed by atoms with E-state index in [9.17, 15) is 9.18 Å². The van der Waals surface area contributed by atoms with Gasteiger partial charge in [0.25, 0.3) is 0 Å². The van der Waals surface area contributed by atoms with E-state index in [1.807, 2.05) is 30.3 Å². The molecule has 5 aromatic rings. The maximum absolute atomic E-state index is 13.8. The number of hydrogen-bond donors (Lipinski definition) is 1. The normalized spacial score (nSPS) is 13.0. The first kappa shape index (κ1) is 25.2. The molecule has 39 heavy (non-hydrogen) atoms. The largest absolute Gasteiger partial charge is 0.489 e. The van der Waals surface area contributed by atoms with Crippen molar-refractivity contribution >= 4 is 39.9 Å². The number of aromatic carboxylic acids is 1. The smallest absolute Gasteiger partial charge is 0.337 e. The minimum Gasteiger partial charge on any atom is -0.489 e. The van der Waals surface area contributed by atoms with Crippen molar-refractivity contribution in [2.75, 3.05) is 0 Å². The first-order valence-corrected chi connectivity index (χ1v) is 12.8. The summed E-state index contributed by atoms with van der Waals surface area (Å²) in [5.41, 5.74) is 1.67. The summed E-state index contributed by atoms with van der Waals surface area (Å²) in [7, 11) is 0. The van der Waals surface area contributed by atoms with E-state index >= 15 is 0 Å². The van der Waals surface area contributed by atoms with Gasteiger partial charge in [0.15, 0.2) is 0 Å². The maximum Gasteiger partial charge on any atom is 0.337 e. The Bertz CT molecular complexity index is 1690. The van der Waals surface area contributed by atoms with Gasteiger partial charge in [-0.25, -0.2) is 14.2 Å². The molecule has 1 fully saturated rings. The number of aromatic nitrogens is 2. The highest BCUT2D eigenvalue weighted by atomic mass is 35.5. The van der Waals surface area contributed by atoms with Crippen LogP contribution in [0.15, 0.2) is 71.4 Å². The van der Waals surface area contributed by atoms with Crippen molar-refractivity contribution in [3.63, 3.8) is 0 Å². The van der Waals surface area contributed by atoms with E-state index in [4.69, 9.17) is 42.3 Å². The summed E-state index contributed by atoms with van der Waals surface area (Å²) in [5.74, 6) is 0.882. The fourth-order valence-corrected chi connectivity index (χ4v) is 4.93. The molecule has 1 saturated carbocycles. The van der Waals surface area contributed by atoms with E-state index in [0.717, 1.165) is 34.9 Å². The van der Waals surface area contributed by atoms with Gasteiger partial charge < -0.3 is 19.1 Å². The number of carboxylic acid groups (broad SMARTS) is 1. The lowest BCUT2D eigenvalue weighted by molar-refractivity contribution is 0.0696. The van der Waals surface area contributed by atoms with Crippen molar-refractivity contribution in [3.05, 3.63) is 99.6 Å². The molecule has 0 saturated heterocycles. The third kappa shape index (κ3) is 5.26. The van der Waals surface area contributed by atoms with Crippen LogP contribution in [0.25, 0.3) is 22.0 Å². The monoisotopic (exact) mass is 564 g/mol. The van der Waals surface area contributed by atoms with E-state index in [1.165, 1.54) is 30.5 Å². The number of benzene rings is 3. The number of carbonyl (C=O) groups is 1. The third-order valence-corrected chi connectivity index (χ3v) is 6.98. The minimum atomic E-state index is -1.05. The van der Waals surface area contributed by atoms with E-state index in [2.05, 4.69) is 10.1 Å². The van der Waals surface area contributed by atoms with Crippen LogP contribution in [0.4, 0.5) is 4.39 Å². The molecule has 10 heteroatoms. The Balaban J connectivity index is 1.22. The summed E-state index contributed by atoms with van der Waals surface area (Å²) in [4.78, 5) is 15.0. The summed E-state index contributed by atoms with van der Waals surface area (Å²) < 4.78 is 31.4. The van der Waals surface area contributed by atoms with Gasteiger partial charge in [0.05, 0.1) is 21.2 Å². The zero-order valence-corrected chi connectivity index (χ0v) is 21.7. The molecule has 196 valence electrons. The molecular weight excluding hydrogens is 546 g/mol. The quantitative estimate of drug-likeness (QED) is 0.202. The Hall–Kier alpha value is -4.14. The van der Waals surface area contributed by atoms with E-state index in [-0.39, 0.29) is 34.0 Å². The predicted molar refractivity (Wildman–Crippen MR) is 143 cm³/mol. The molecule has 0 unspecified atom stereocenters. The highest BCUT2D eigenvalue weighted by molar-refractivity contribution is 6.39. The Morgan fingerprint density at radius 2 is 1.69 bits per heavy atom. The molecule has 6 rings (SSSR count). The van der Waals surface area contributed by atoms with E-state index < -0.39 is 11.8 Å². The average Bonchev–Trinajstić information content (AvgIpc) is 3.67. The number of rotatable bonds is 8. The highest BCUT2D eigenvalue weighted by Gasteiger charge is 2.34. The number of carboxylic acids is 1. The summed E-state index contributed by atoms with van der Waals surface area (Å²) in [6.07, 6.45) is 3.23. The van der Waals surface area contributed by atoms with Crippen LogP contribution in [0.3, 0.4) is 0 Å². The second-order valence-electron chi connectivity index (χ2n) is 9.14. The molecule has 1 N–H and O–H groups in total. The molecule has 0 bridgehead atoms.